The summed E-state index contributed by atoms with van der Waals surface area (Å²) in [5.74, 6) is 0.378. The average molecular weight is 363 g/mol. The fraction of sp³-hybridized carbons (Fsp3) is 0.538. The SMILES string of the molecule is COc1cc(C)c(Br)cc1S(=O)(=O)N(C)C1CCNC1. The lowest BCUT2D eigenvalue weighted by molar-refractivity contribution is 0.376. The molecule has 0 bridgehead atoms. The van der Waals surface area contributed by atoms with E-state index in [1.54, 1.807) is 19.2 Å². The van der Waals surface area contributed by atoms with E-state index in [-0.39, 0.29) is 10.9 Å². The van der Waals surface area contributed by atoms with Crippen molar-refractivity contribution in [2.45, 2.75) is 24.3 Å². The summed E-state index contributed by atoms with van der Waals surface area (Å²) in [7, 11) is -0.456. The molecule has 1 aliphatic rings. The Balaban J connectivity index is 2.45. The number of nitrogens with zero attached hydrogens (tertiary/aromatic N) is 1. The molecule has 0 aliphatic carbocycles. The van der Waals surface area contributed by atoms with Crippen molar-refractivity contribution in [1.82, 2.24) is 9.62 Å². The Hall–Kier alpha value is -0.630. The zero-order valence-corrected chi connectivity index (χ0v) is 14.2. The van der Waals surface area contributed by atoms with E-state index in [1.807, 2.05) is 6.92 Å². The van der Waals surface area contributed by atoms with Crippen LogP contribution in [0.15, 0.2) is 21.5 Å². The van der Waals surface area contributed by atoms with E-state index in [9.17, 15) is 8.42 Å². The minimum Gasteiger partial charge on any atom is -0.495 e. The van der Waals surface area contributed by atoms with Gasteiger partial charge in [-0.05, 0) is 37.6 Å². The van der Waals surface area contributed by atoms with Crippen LogP contribution >= 0.6 is 15.9 Å². The number of benzene rings is 1. The number of hydrogen-bond acceptors (Lipinski definition) is 4. The summed E-state index contributed by atoms with van der Waals surface area (Å²) in [6, 6.07) is 3.34. The zero-order valence-electron chi connectivity index (χ0n) is 11.8. The Morgan fingerprint density at radius 2 is 2.15 bits per heavy atom. The highest BCUT2D eigenvalue weighted by Gasteiger charge is 2.32. The zero-order chi connectivity index (χ0) is 14.9. The minimum atomic E-state index is -3.57. The molecule has 112 valence electrons. The van der Waals surface area contributed by atoms with Gasteiger partial charge in [-0.1, -0.05) is 15.9 Å². The summed E-state index contributed by atoms with van der Waals surface area (Å²) in [5, 5.41) is 3.18. The number of methoxy groups -OCH3 is 1. The predicted molar refractivity (Wildman–Crippen MR) is 81.7 cm³/mol. The molecule has 7 heteroatoms. The Morgan fingerprint density at radius 1 is 1.45 bits per heavy atom. The predicted octanol–water partition coefficient (Wildman–Crippen LogP) is 1.75. The van der Waals surface area contributed by atoms with Crippen molar-refractivity contribution in [3.8, 4) is 5.75 Å². The maximum atomic E-state index is 12.8. The molecule has 1 saturated heterocycles. The molecule has 0 saturated carbocycles. The van der Waals surface area contributed by atoms with Crippen LogP contribution in [0.25, 0.3) is 0 Å². The van der Waals surface area contributed by atoms with Crippen molar-refractivity contribution in [3.63, 3.8) is 0 Å². The molecule has 1 aliphatic heterocycles. The van der Waals surface area contributed by atoms with Crippen LogP contribution < -0.4 is 10.1 Å². The van der Waals surface area contributed by atoms with Gasteiger partial charge in [0.15, 0.2) is 0 Å². The topological polar surface area (TPSA) is 58.6 Å². The van der Waals surface area contributed by atoms with Crippen LogP contribution in [0.4, 0.5) is 0 Å². The first-order chi connectivity index (χ1) is 9.37. The summed E-state index contributed by atoms with van der Waals surface area (Å²) in [5.41, 5.74) is 0.936. The van der Waals surface area contributed by atoms with Crippen molar-refractivity contribution in [2.75, 3.05) is 27.2 Å². The molecule has 0 radical (unpaired) electrons. The lowest BCUT2D eigenvalue weighted by atomic mass is 10.2. The van der Waals surface area contributed by atoms with E-state index in [1.165, 1.54) is 11.4 Å². The molecule has 2 rings (SSSR count). The number of hydrogen-bond donors (Lipinski definition) is 1. The lowest BCUT2D eigenvalue weighted by Crippen LogP contribution is -2.38. The van der Waals surface area contributed by atoms with E-state index in [0.717, 1.165) is 23.0 Å². The average Bonchev–Trinajstić information content (AvgIpc) is 2.94. The molecular weight excluding hydrogens is 344 g/mol. The van der Waals surface area contributed by atoms with Crippen molar-refractivity contribution in [2.24, 2.45) is 0 Å². The van der Waals surface area contributed by atoms with Crippen molar-refractivity contribution in [1.29, 1.82) is 0 Å². The molecule has 1 aromatic rings. The van der Waals surface area contributed by atoms with Gasteiger partial charge in [-0.2, -0.15) is 4.31 Å². The first kappa shape index (κ1) is 15.8. The molecular formula is C13H19BrN2O3S. The summed E-state index contributed by atoms with van der Waals surface area (Å²) in [6.45, 7) is 3.43. The first-order valence-electron chi connectivity index (χ1n) is 6.41. The maximum Gasteiger partial charge on any atom is 0.246 e. The van der Waals surface area contributed by atoms with Gasteiger partial charge in [-0.3, -0.25) is 0 Å². The summed E-state index contributed by atoms with van der Waals surface area (Å²) < 4.78 is 33.0. The number of halogens is 1. The standard InChI is InChI=1S/C13H19BrN2O3S/c1-9-6-12(19-3)13(7-11(9)14)20(17,18)16(2)10-4-5-15-8-10/h6-7,10,15H,4-5,8H2,1-3H3. The summed E-state index contributed by atoms with van der Waals surface area (Å²) in [6.07, 6.45) is 0.824. The molecule has 0 spiro atoms. The molecule has 1 unspecified atom stereocenters. The largest absolute Gasteiger partial charge is 0.495 e. The molecule has 5 nitrogen and oxygen atoms in total. The number of rotatable bonds is 4. The fourth-order valence-electron chi connectivity index (χ4n) is 2.30. The van der Waals surface area contributed by atoms with Crippen LogP contribution in [-0.4, -0.2) is 46.0 Å². The van der Waals surface area contributed by atoms with Gasteiger partial charge in [0.25, 0.3) is 0 Å². The number of aryl methyl sites for hydroxylation is 1. The van der Waals surface area contributed by atoms with Gasteiger partial charge in [-0.25, -0.2) is 8.42 Å². The normalized spacial score (nSPS) is 19.6. The molecule has 20 heavy (non-hydrogen) atoms. The molecule has 0 aromatic heterocycles. The van der Waals surface area contributed by atoms with Gasteiger partial charge >= 0.3 is 0 Å². The Morgan fingerprint density at radius 3 is 2.70 bits per heavy atom. The van der Waals surface area contributed by atoms with Gasteiger partial charge in [0.05, 0.1) is 7.11 Å². The van der Waals surface area contributed by atoms with Crippen LogP contribution in [0.3, 0.4) is 0 Å². The van der Waals surface area contributed by atoms with E-state index in [2.05, 4.69) is 21.2 Å². The van der Waals surface area contributed by atoms with Gasteiger partial charge < -0.3 is 10.1 Å². The van der Waals surface area contributed by atoms with Crippen LogP contribution in [0.1, 0.15) is 12.0 Å². The highest BCUT2D eigenvalue weighted by atomic mass is 79.9. The third kappa shape index (κ3) is 2.86. The number of ether oxygens (including phenoxy) is 1. The van der Waals surface area contributed by atoms with E-state index in [4.69, 9.17) is 4.74 Å². The second-order valence-electron chi connectivity index (χ2n) is 4.92. The van der Waals surface area contributed by atoms with Gasteiger partial charge in [-0.15, -0.1) is 0 Å². The smallest absolute Gasteiger partial charge is 0.246 e. The second kappa shape index (κ2) is 6.01. The molecule has 1 heterocycles. The molecule has 1 atom stereocenters. The molecule has 1 aromatic carbocycles. The Labute approximate surface area is 128 Å². The first-order valence-corrected chi connectivity index (χ1v) is 8.64. The number of likely N-dealkylation sites (N-methyl/N-ethyl adjacent to an activating group) is 1. The van der Waals surface area contributed by atoms with E-state index >= 15 is 0 Å². The summed E-state index contributed by atoms with van der Waals surface area (Å²) in [4.78, 5) is 0.201. The van der Waals surface area contributed by atoms with Crippen LogP contribution in [0.5, 0.6) is 5.75 Å². The Bertz CT molecular complexity index is 598. The van der Waals surface area contributed by atoms with E-state index < -0.39 is 10.0 Å². The third-order valence-electron chi connectivity index (χ3n) is 3.65. The van der Waals surface area contributed by atoms with Crippen LogP contribution in [0.2, 0.25) is 0 Å². The number of nitrogens with one attached hydrogen (secondary N) is 1. The monoisotopic (exact) mass is 362 g/mol. The molecule has 1 N–H and O–H groups in total. The van der Waals surface area contributed by atoms with Crippen molar-refractivity contribution < 1.29 is 13.2 Å². The lowest BCUT2D eigenvalue weighted by Gasteiger charge is -2.24. The van der Waals surface area contributed by atoms with Crippen molar-refractivity contribution >= 4 is 26.0 Å². The van der Waals surface area contributed by atoms with Crippen LogP contribution in [0, 0.1) is 6.92 Å². The Kier molecular flexibility index (Phi) is 4.73. The van der Waals surface area contributed by atoms with Gasteiger partial charge in [0.2, 0.25) is 10.0 Å². The minimum absolute atomic E-state index is 0.00946. The van der Waals surface area contributed by atoms with Gasteiger partial charge in [0, 0.05) is 24.1 Å². The summed E-state index contributed by atoms with van der Waals surface area (Å²) >= 11 is 3.38. The second-order valence-corrected chi connectivity index (χ2v) is 7.74. The maximum absolute atomic E-state index is 12.8. The highest BCUT2D eigenvalue weighted by Crippen LogP contribution is 2.32. The van der Waals surface area contributed by atoms with Crippen LogP contribution in [-0.2, 0) is 10.0 Å². The third-order valence-corrected chi connectivity index (χ3v) is 6.44. The number of sulfonamides is 1. The quantitative estimate of drug-likeness (QED) is 0.886. The molecule has 0 amide bonds. The molecule has 1 fully saturated rings. The highest BCUT2D eigenvalue weighted by molar-refractivity contribution is 9.10. The van der Waals surface area contributed by atoms with E-state index in [0.29, 0.717) is 12.3 Å². The fourth-order valence-corrected chi connectivity index (χ4v) is 4.34. The van der Waals surface area contributed by atoms with Crippen molar-refractivity contribution in [3.05, 3.63) is 22.2 Å². The van der Waals surface area contributed by atoms with Gasteiger partial charge in [0.1, 0.15) is 10.6 Å².